The van der Waals surface area contributed by atoms with Crippen LogP contribution in [0.15, 0.2) is 30.6 Å². The van der Waals surface area contributed by atoms with Gasteiger partial charge in [-0.15, -0.1) is 0 Å². The van der Waals surface area contributed by atoms with Crippen LogP contribution in [0.4, 0.5) is 0 Å². The summed E-state index contributed by atoms with van der Waals surface area (Å²) in [5, 5.41) is 0. The molecule has 3 rings (SSSR count). The second kappa shape index (κ2) is 12.4. The zero-order valence-corrected chi connectivity index (χ0v) is 20.5. The Labute approximate surface area is 191 Å². The summed E-state index contributed by atoms with van der Waals surface area (Å²) >= 11 is 0. The molecule has 0 spiro atoms. The average molecular weight is 421 g/mol. The van der Waals surface area contributed by atoms with Crippen molar-refractivity contribution in [3.05, 3.63) is 47.5 Å². The third kappa shape index (κ3) is 6.89. The molecule has 2 heteroatoms. The van der Waals surface area contributed by atoms with Crippen molar-refractivity contribution in [2.75, 3.05) is 0 Å². The van der Waals surface area contributed by atoms with Crippen LogP contribution in [0.1, 0.15) is 114 Å². The summed E-state index contributed by atoms with van der Waals surface area (Å²) in [6, 6.07) is 6.90. The van der Waals surface area contributed by atoms with E-state index >= 15 is 0 Å². The molecule has 0 N–H and O–H groups in total. The van der Waals surface area contributed by atoms with Gasteiger partial charge in [-0.05, 0) is 61.1 Å². The van der Waals surface area contributed by atoms with Gasteiger partial charge < -0.3 is 0 Å². The highest BCUT2D eigenvalue weighted by Gasteiger charge is 2.27. The molecule has 1 aliphatic carbocycles. The summed E-state index contributed by atoms with van der Waals surface area (Å²) in [6.07, 6.45) is 20.3. The van der Waals surface area contributed by atoms with E-state index in [9.17, 15) is 0 Å². The first-order valence-electron chi connectivity index (χ1n) is 13.0. The highest BCUT2D eigenvalue weighted by atomic mass is 14.9. The number of aryl methyl sites for hydroxylation is 2. The molecular formula is C29H44N2. The largest absolute Gasteiger partial charge is 0.240 e. The molecule has 0 bridgehead atoms. The number of hydrogen-bond donors (Lipinski definition) is 0. The third-order valence-electron chi connectivity index (χ3n) is 7.56. The predicted molar refractivity (Wildman–Crippen MR) is 133 cm³/mol. The summed E-state index contributed by atoms with van der Waals surface area (Å²) in [7, 11) is 0. The summed E-state index contributed by atoms with van der Waals surface area (Å²) in [5.74, 6) is 3.21. The third-order valence-corrected chi connectivity index (χ3v) is 7.56. The van der Waals surface area contributed by atoms with Crippen molar-refractivity contribution in [3.63, 3.8) is 0 Å². The van der Waals surface area contributed by atoms with Crippen molar-refractivity contribution in [2.24, 2.45) is 11.8 Å². The minimum absolute atomic E-state index is 0.465. The molecule has 0 saturated heterocycles. The maximum absolute atomic E-state index is 4.82. The Balaban J connectivity index is 1.56. The number of aromatic nitrogens is 2. The lowest BCUT2D eigenvalue weighted by Gasteiger charge is -2.31. The fraction of sp³-hybridized carbons (Fsp3) is 0.655. The van der Waals surface area contributed by atoms with Gasteiger partial charge in [0.1, 0.15) is 5.82 Å². The number of hydrogen-bond acceptors (Lipinski definition) is 2. The van der Waals surface area contributed by atoms with Gasteiger partial charge in [0.25, 0.3) is 0 Å². The molecule has 31 heavy (non-hydrogen) atoms. The van der Waals surface area contributed by atoms with Gasteiger partial charge in [-0.2, -0.15) is 0 Å². The molecule has 0 amide bonds. The standard InChI is InChI=1S/C29H44N2/c1-5-7-9-11-24-13-16-26(17-14-24)23(4)29-30-20-27(21-31-29)28-18-15-25(19-22(28)3)12-10-8-6-2/h15,18-21,23-24,26H,5-14,16-17H2,1-4H3. The first-order chi connectivity index (χ1) is 15.1. The lowest BCUT2D eigenvalue weighted by atomic mass is 9.74. The predicted octanol–water partition coefficient (Wildman–Crippen LogP) is 8.67. The zero-order valence-electron chi connectivity index (χ0n) is 20.5. The van der Waals surface area contributed by atoms with Crippen molar-refractivity contribution >= 4 is 0 Å². The zero-order chi connectivity index (χ0) is 22.1. The topological polar surface area (TPSA) is 25.8 Å². The molecule has 170 valence electrons. The molecule has 2 aromatic rings. The fourth-order valence-corrected chi connectivity index (χ4v) is 5.37. The molecule has 1 aliphatic rings. The molecule has 1 aromatic heterocycles. The van der Waals surface area contributed by atoms with Gasteiger partial charge in [0, 0.05) is 23.9 Å². The first kappa shape index (κ1) is 24.0. The number of benzene rings is 1. The van der Waals surface area contributed by atoms with Crippen molar-refractivity contribution in [1.82, 2.24) is 9.97 Å². The highest BCUT2D eigenvalue weighted by molar-refractivity contribution is 5.66. The van der Waals surface area contributed by atoms with Gasteiger partial charge >= 0.3 is 0 Å². The second-order valence-corrected chi connectivity index (χ2v) is 10.0. The molecule has 1 aromatic carbocycles. The highest BCUT2D eigenvalue weighted by Crippen LogP contribution is 2.39. The molecule has 1 heterocycles. The van der Waals surface area contributed by atoms with Crippen LogP contribution >= 0.6 is 0 Å². The summed E-state index contributed by atoms with van der Waals surface area (Å²) in [6.45, 7) is 9.12. The Morgan fingerprint density at radius 2 is 1.58 bits per heavy atom. The lowest BCUT2D eigenvalue weighted by molar-refractivity contribution is 0.232. The van der Waals surface area contributed by atoms with E-state index in [-0.39, 0.29) is 0 Å². The van der Waals surface area contributed by atoms with Gasteiger partial charge in [0.05, 0.1) is 0 Å². The van der Waals surface area contributed by atoms with Crippen LogP contribution < -0.4 is 0 Å². The Hall–Kier alpha value is -1.70. The molecule has 1 saturated carbocycles. The van der Waals surface area contributed by atoms with Crippen LogP contribution in [0.25, 0.3) is 11.1 Å². The van der Waals surface area contributed by atoms with Gasteiger partial charge in [0.2, 0.25) is 0 Å². The molecule has 1 fully saturated rings. The smallest absolute Gasteiger partial charge is 0.131 e. The lowest BCUT2D eigenvalue weighted by Crippen LogP contribution is -2.20. The summed E-state index contributed by atoms with van der Waals surface area (Å²) in [5.41, 5.74) is 5.20. The number of rotatable bonds is 11. The van der Waals surface area contributed by atoms with Crippen LogP contribution in [-0.2, 0) is 6.42 Å². The molecule has 0 aliphatic heterocycles. The van der Waals surface area contributed by atoms with Crippen LogP contribution in [0, 0.1) is 18.8 Å². The molecule has 1 atom stereocenters. The van der Waals surface area contributed by atoms with E-state index < -0.39 is 0 Å². The number of unbranched alkanes of at least 4 members (excludes halogenated alkanes) is 4. The van der Waals surface area contributed by atoms with Gasteiger partial charge in [0.15, 0.2) is 0 Å². The van der Waals surface area contributed by atoms with Crippen LogP contribution in [-0.4, -0.2) is 9.97 Å². The van der Waals surface area contributed by atoms with E-state index in [2.05, 4.69) is 45.9 Å². The van der Waals surface area contributed by atoms with Crippen molar-refractivity contribution < 1.29 is 0 Å². The second-order valence-electron chi connectivity index (χ2n) is 10.0. The first-order valence-corrected chi connectivity index (χ1v) is 13.0. The Bertz CT molecular complexity index is 772. The Morgan fingerprint density at radius 3 is 2.23 bits per heavy atom. The Morgan fingerprint density at radius 1 is 0.903 bits per heavy atom. The van der Waals surface area contributed by atoms with Crippen molar-refractivity contribution in [1.29, 1.82) is 0 Å². The van der Waals surface area contributed by atoms with Crippen LogP contribution in [0.3, 0.4) is 0 Å². The minimum atomic E-state index is 0.465. The van der Waals surface area contributed by atoms with E-state index in [1.807, 2.05) is 12.4 Å². The SMILES string of the molecule is CCCCCc1ccc(-c2cnc(C(C)C3CCC(CCCCC)CC3)nc2)c(C)c1. The van der Waals surface area contributed by atoms with Gasteiger partial charge in [-0.25, -0.2) is 9.97 Å². The quantitative estimate of drug-likeness (QED) is 0.340. The molecule has 0 radical (unpaired) electrons. The van der Waals surface area contributed by atoms with Gasteiger partial charge in [-0.3, -0.25) is 0 Å². The van der Waals surface area contributed by atoms with Crippen LogP contribution in [0.5, 0.6) is 0 Å². The number of nitrogens with zero attached hydrogens (tertiary/aromatic N) is 2. The molecule has 1 unspecified atom stereocenters. The maximum Gasteiger partial charge on any atom is 0.131 e. The van der Waals surface area contributed by atoms with Crippen molar-refractivity contribution in [3.8, 4) is 11.1 Å². The van der Waals surface area contributed by atoms with E-state index in [0.717, 1.165) is 23.2 Å². The summed E-state index contributed by atoms with van der Waals surface area (Å²) < 4.78 is 0. The summed E-state index contributed by atoms with van der Waals surface area (Å²) in [4.78, 5) is 9.65. The van der Waals surface area contributed by atoms with Crippen LogP contribution in [0.2, 0.25) is 0 Å². The normalized spacial score (nSPS) is 20.0. The van der Waals surface area contributed by atoms with E-state index in [4.69, 9.17) is 9.97 Å². The average Bonchev–Trinajstić information content (AvgIpc) is 2.80. The fourth-order valence-electron chi connectivity index (χ4n) is 5.37. The van der Waals surface area contributed by atoms with Gasteiger partial charge in [-0.1, -0.05) is 90.3 Å². The minimum Gasteiger partial charge on any atom is -0.240 e. The van der Waals surface area contributed by atoms with E-state index in [1.165, 1.54) is 93.7 Å². The van der Waals surface area contributed by atoms with E-state index in [0.29, 0.717) is 5.92 Å². The maximum atomic E-state index is 4.82. The molecular weight excluding hydrogens is 376 g/mol. The van der Waals surface area contributed by atoms with Crippen molar-refractivity contribution in [2.45, 2.75) is 111 Å². The monoisotopic (exact) mass is 420 g/mol. The molecule has 2 nitrogen and oxygen atoms in total. The Kier molecular flexibility index (Phi) is 9.55. The van der Waals surface area contributed by atoms with E-state index in [1.54, 1.807) is 0 Å².